The van der Waals surface area contributed by atoms with Crippen molar-refractivity contribution in [2.75, 3.05) is 4.90 Å². The van der Waals surface area contributed by atoms with Crippen molar-refractivity contribution in [2.24, 2.45) is 0 Å². The zero-order valence-corrected chi connectivity index (χ0v) is 46.4. The molecule has 0 bridgehead atoms. The average Bonchev–Trinajstić information content (AvgIpc) is 4.15. The van der Waals surface area contributed by atoms with Gasteiger partial charge in [-0.05, 0) is 225 Å². The van der Waals surface area contributed by atoms with Crippen LogP contribution in [0.3, 0.4) is 0 Å². The van der Waals surface area contributed by atoms with Gasteiger partial charge in [-0.2, -0.15) is 0 Å². The lowest BCUT2D eigenvalue weighted by atomic mass is 9.79. The summed E-state index contributed by atoms with van der Waals surface area (Å²) in [5, 5.41) is 3.87. The van der Waals surface area contributed by atoms with Gasteiger partial charge in [-0.3, -0.25) is 0 Å². The van der Waals surface area contributed by atoms with Gasteiger partial charge in [-0.15, -0.1) is 0 Å². The average molecular weight is 1020 g/mol. The lowest BCUT2D eigenvalue weighted by Crippen LogP contribution is -2.19. The summed E-state index contributed by atoms with van der Waals surface area (Å²) in [7, 11) is 0. The van der Waals surface area contributed by atoms with Crippen LogP contribution in [0.15, 0.2) is 186 Å². The minimum atomic E-state index is -0.279. The predicted octanol–water partition coefficient (Wildman–Crippen LogP) is 20.5. The molecule has 79 heavy (non-hydrogen) atoms. The van der Waals surface area contributed by atoms with Crippen LogP contribution < -0.4 is 4.90 Å². The standard InChI is InChI=1S/C77H61NO/c1-74(2)60-23-15-13-21-51(60)52-30-27-47(37-62(52)74)78(48-28-31-53-57-41-66-59(42-65(57)76(5,6)63(53)38-48)72-61(75(66,3)4)33-34-69-73(72)55-22-14-16-24-68(55)79-69)49-29-32-54-64(39-49)77(7,8)67-40-56(46-26-25-43-17-9-10-18-44(43)35-46)58-36-45-19-11-12-20-50(45)70(58)71(54)67/h9-13,15-21,23-35,37-42H,14,22,36H2,1-8H3. The Morgan fingerprint density at radius 2 is 0.949 bits per heavy atom. The van der Waals surface area contributed by atoms with Crippen LogP contribution in [0, 0.1) is 0 Å². The van der Waals surface area contributed by atoms with E-state index in [2.05, 4.69) is 248 Å². The van der Waals surface area contributed by atoms with Crippen molar-refractivity contribution in [3.63, 3.8) is 0 Å². The molecule has 0 fully saturated rings. The van der Waals surface area contributed by atoms with E-state index in [0.717, 1.165) is 30.6 Å². The van der Waals surface area contributed by atoms with Crippen LogP contribution in [0.1, 0.15) is 129 Å². The summed E-state index contributed by atoms with van der Waals surface area (Å²) in [6.07, 6.45) is 7.44. The molecule has 11 aromatic rings. The molecule has 6 aliphatic carbocycles. The molecule has 0 amide bonds. The maximum Gasteiger partial charge on any atom is 0.135 e. The topological polar surface area (TPSA) is 16.4 Å². The lowest BCUT2D eigenvalue weighted by molar-refractivity contribution is 0.595. The van der Waals surface area contributed by atoms with E-state index < -0.39 is 0 Å². The Labute approximate surface area is 463 Å². The second kappa shape index (κ2) is 15.2. The van der Waals surface area contributed by atoms with Gasteiger partial charge in [0.2, 0.25) is 0 Å². The van der Waals surface area contributed by atoms with E-state index in [1.807, 2.05) is 0 Å². The van der Waals surface area contributed by atoms with Gasteiger partial charge in [0.05, 0.1) is 0 Å². The first-order chi connectivity index (χ1) is 38.2. The number of hydrogen-bond donors (Lipinski definition) is 0. The number of hydrogen-bond acceptors (Lipinski definition) is 2. The van der Waals surface area contributed by atoms with Crippen LogP contribution in [0.4, 0.5) is 17.1 Å². The molecule has 0 radical (unpaired) electrons. The number of furan rings is 1. The largest absolute Gasteiger partial charge is 0.456 e. The fraction of sp³-hybridized carbons (Fsp3) is 0.195. The monoisotopic (exact) mass is 1020 g/mol. The highest BCUT2D eigenvalue weighted by Gasteiger charge is 2.45. The fourth-order valence-corrected chi connectivity index (χ4v) is 16.2. The molecule has 0 unspecified atom stereocenters. The maximum absolute atomic E-state index is 6.57. The minimum absolute atomic E-state index is 0.152. The van der Waals surface area contributed by atoms with Gasteiger partial charge in [-0.25, -0.2) is 0 Å². The molecule has 0 spiro atoms. The highest BCUT2D eigenvalue weighted by Crippen LogP contribution is 2.62. The van der Waals surface area contributed by atoms with E-state index in [1.54, 1.807) is 0 Å². The molecule has 2 nitrogen and oxygen atoms in total. The van der Waals surface area contributed by atoms with Crippen LogP contribution >= 0.6 is 0 Å². The van der Waals surface area contributed by atoms with Gasteiger partial charge in [0.1, 0.15) is 11.3 Å². The van der Waals surface area contributed by atoms with E-state index in [4.69, 9.17) is 4.42 Å². The summed E-state index contributed by atoms with van der Waals surface area (Å²) in [5.41, 5.74) is 35.3. The Morgan fingerprint density at radius 1 is 0.380 bits per heavy atom. The molecule has 10 aromatic carbocycles. The first-order valence-electron chi connectivity index (χ1n) is 28.7. The highest BCUT2D eigenvalue weighted by atomic mass is 16.3. The SMILES string of the molecule is CC1(C)c2ccccc2-c2ccc(N(c3ccc4c(c3)C(C)(C)c3cc5c(cc3-4)C(C)(C)c3ccc4oc6c(c4c3-5)CCC=C6)c3ccc4c(c3)C(C)(C)c3cc(-c5ccc6ccccc6c5)c5c(c3-4)-c3ccccc3C5)cc21. The Kier molecular flexibility index (Phi) is 8.77. The molecular weight excluding hydrogens is 955 g/mol. The molecule has 0 N–H and O–H groups in total. The minimum Gasteiger partial charge on any atom is -0.456 e. The molecular formula is C77H61NO. The summed E-state index contributed by atoms with van der Waals surface area (Å²) in [4.78, 5) is 2.57. The molecule has 0 aliphatic heterocycles. The van der Waals surface area contributed by atoms with Crippen molar-refractivity contribution in [3.05, 3.63) is 249 Å². The van der Waals surface area contributed by atoms with Crippen LogP contribution in [0.25, 0.3) is 94.6 Å². The second-order valence-electron chi connectivity index (χ2n) is 25.9. The Bertz CT molecular complexity index is 4640. The Hall–Kier alpha value is -8.46. The molecule has 380 valence electrons. The summed E-state index contributed by atoms with van der Waals surface area (Å²) in [5.74, 6) is 1.03. The van der Waals surface area contributed by atoms with E-state index in [0.29, 0.717) is 0 Å². The van der Waals surface area contributed by atoms with Crippen molar-refractivity contribution in [3.8, 4) is 66.8 Å². The smallest absolute Gasteiger partial charge is 0.135 e. The number of allylic oxidation sites excluding steroid dienone is 1. The molecule has 17 rings (SSSR count). The molecule has 1 aromatic heterocycles. The first kappa shape index (κ1) is 45.5. The zero-order valence-electron chi connectivity index (χ0n) is 46.4. The number of fused-ring (bicyclic) bond motifs is 21. The van der Waals surface area contributed by atoms with Crippen molar-refractivity contribution in [1.29, 1.82) is 0 Å². The maximum atomic E-state index is 6.57. The van der Waals surface area contributed by atoms with Crippen molar-refractivity contribution in [1.82, 2.24) is 0 Å². The second-order valence-corrected chi connectivity index (χ2v) is 25.9. The predicted molar refractivity (Wildman–Crippen MR) is 330 cm³/mol. The van der Waals surface area contributed by atoms with Crippen LogP contribution in [-0.2, 0) is 34.5 Å². The number of rotatable bonds is 4. The van der Waals surface area contributed by atoms with Crippen LogP contribution in [-0.4, -0.2) is 0 Å². The summed E-state index contributed by atoms with van der Waals surface area (Å²) in [6, 6.07) is 68.4. The van der Waals surface area contributed by atoms with E-state index in [1.165, 1.54) is 161 Å². The fourth-order valence-electron chi connectivity index (χ4n) is 16.2. The quantitative estimate of drug-likeness (QED) is 0.175. The van der Waals surface area contributed by atoms with Crippen molar-refractivity contribution < 1.29 is 4.42 Å². The summed E-state index contributed by atoms with van der Waals surface area (Å²) < 4.78 is 6.57. The molecule has 2 heteroatoms. The summed E-state index contributed by atoms with van der Waals surface area (Å²) >= 11 is 0. The van der Waals surface area contributed by atoms with E-state index in [9.17, 15) is 0 Å². The molecule has 0 saturated heterocycles. The van der Waals surface area contributed by atoms with E-state index >= 15 is 0 Å². The third-order valence-electron chi connectivity index (χ3n) is 20.3. The van der Waals surface area contributed by atoms with Gasteiger partial charge in [0.15, 0.2) is 0 Å². The number of benzene rings is 10. The Balaban J connectivity index is 0.844. The molecule has 0 saturated carbocycles. The number of nitrogens with zero attached hydrogens (tertiary/aromatic N) is 1. The van der Waals surface area contributed by atoms with Gasteiger partial charge in [-0.1, -0.05) is 171 Å². The van der Waals surface area contributed by atoms with Gasteiger partial charge in [0.25, 0.3) is 0 Å². The number of aryl methyl sites for hydroxylation is 1. The first-order valence-corrected chi connectivity index (χ1v) is 28.7. The van der Waals surface area contributed by atoms with Gasteiger partial charge >= 0.3 is 0 Å². The van der Waals surface area contributed by atoms with Crippen LogP contribution in [0.2, 0.25) is 0 Å². The van der Waals surface area contributed by atoms with Crippen LogP contribution in [0.5, 0.6) is 0 Å². The third-order valence-corrected chi connectivity index (χ3v) is 20.3. The normalized spacial score (nSPS) is 16.8. The third kappa shape index (κ3) is 5.87. The van der Waals surface area contributed by atoms with Crippen molar-refractivity contribution >= 4 is 44.9 Å². The Morgan fingerprint density at radius 3 is 1.72 bits per heavy atom. The van der Waals surface area contributed by atoms with Gasteiger partial charge in [0, 0.05) is 49.7 Å². The van der Waals surface area contributed by atoms with E-state index in [-0.39, 0.29) is 21.7 Å². The highest BCUT2D eigenvalue weighted by molar-refractivity contribution is 6.06. The lowest BCUT2D eigenvalue weighted by Gasteiger charge is -2.31. The molecule has 6 aliphatic rings. The molecule has 1 heterocycles. The van der Waals surface area contributed by atoms with Crippen molar-refractivity contribution in [2.45, 2.75) is 96.3 Å². The summed E-state index contributed by atoms with van der Waals surface area (Å²) in [6.45, 7) is 19.5. The zero-order chi connectivity index (χ0) is 53.2. The van der Waals surface area contributed by atoms with Gasteiger partial charge < -0.3 is 9.32 Å². The molecule has 0 atom stereocenters. The number of anilines is 3.